The zero-order valence-electron chi connectivity index (χ0n) is 21.9. The molecule has 0 bridgehead atoms. The van der Waals surface area contributed by atoms with E-state index in [0.29, 0.717) is 5.82 Å². The van der Waals surface area contributed by atoms with Crippen molar-refractivity contribution in [2.75, 3.05) is 14.1 Å². The van der Waals surface area contributed by atoms with Gasteiger partial charge >= 0.3 is 0 Å². The van der Waals surface area contributed by atoms with Crippen LogP contribution in [0.25, 0.3) is 11.4 Å². The highest BCUT2D eigenvalue weighted by Crippen LogP contribution is 2.25. The van der Waals surface area contributed by atoms with E-state index in [1.165, 1.54) is 5.57 Å². The minimum Gasteiger partial charge on any atom is -0.378 e. The van der Waals surface area contributed by atoms with E-state index in [-0.39, 0.29) is 0 Å². The normalized spacial score (nSPS) is 12.9. The van der Waals surface area contributed by atoms with Crippen molar-refractivity contribution in [3.8, 4) is 0 Å². The lowest BCUT2D eigenvalue weighted by molar-refractivity contribution is 0.593. The predicted molar refractivity (Wildman–Crippen MR) is 153 cm³/mol. The second-order valence-electron chi connectivity index (χ2n) is 8.22. The van der Waals surface area contributed by atoms with E-state index in [1.54, 1.807) is 6.08 Å². The Balaban J connectivity index is 3.26. The molecule has 0 atom stereocenters. The summed E-state index contributed by atoms with van der Waals surface area (Å²) in [6, 6.07) is 8.15. The molecule has 0 unspecified atom stereocenters. The number of hydrogen-bond acceptors (Lipinski definition) is 3. The van der Waals surface area contributed by atoms with Crippen molar-refractivity contribution in [3.05, 3.63) is 132 Å². The van der Waals surface area contributed by atoms with Crippen LogP contribution in [0.2, 0.25) is 0 Å². The second kappa shape index (κ2) is 13.7. The maximum Gasteiger partial charge on any atom is 0.100 e. The smallest absolute Gasteiger partial charge is 0.100 e. The molecule has 0 aliphatic heterocycles. The molecule has 0 fully saturated rings. The van der Waals surface area contributed by atoms with Crippen molar-refractivity contribution in [2.45, 2.75) is 34.1 Å². The van der Waals surface area contributed by atoms with Gasteiger partial charge < -0.3 is 15.5 Å². The molecule has 0 amide bonds. The lowest BCUT2D eigenvalue weighted by Crippen LogP contribution is -2.25. The molecule has 1 rings (SSSR count). The van der Waals surface area contributed by atoms with Crippen molar-refractivity contribution in [1.29, 1.82) is 0 Å². The van der Waals surface area contributed by atoms with Gasteiger partial charge in [-0.15, -0.1) is 0 Å². The Labute approximate surface area is 207 Å². The van der Waals surface area contributed by atoms with Gasteiger partial charge in [-0.2, -0.15) is 0 Å². The minimum atomic E-state index is 0.632. The molecular formula is C31H41N3. The molecule has 0 aliphatic rings. The molecule has 0 heterocycles. The van der Waals surface area contributed by atoms with Crippen LogP contribution >= 0.6 is 0 Å². The summed E-state index contributed by atoms with van der Waals surface area (Å²) in [5.74, 6) is 0.632. The van der Waals surface area contributed by atoms with Crippen LogP contribution < -0.4 is 10.6 Å². The van der Waals surface area contributed by atoms with Gasteiger partial charge in [-0.05, 0) is 49.5 Å². The van der Waals surface area contributed by atoms with Gasteiger partial charge in [0.15, 0.2) is 0 Å². The van der Waals surface area contributed by atoms with Gasteiger partial charge in [-0.1, -0.05) is 100 Å². The van der Waals surface area contributed by atoms with Crippen molar-refractivity contribution >= 4 is 11.4 Å². The van der Waals surface area contributed by atoms with Crippen LogP contribution in [0.4, 0.5) is 0 Å². The van der Waals surface area contributed by atoms with Crippen molar-refractivity contribution < 1.29 is 0 Å². The molecule has 3 heteroatoms. The molecule has 0 radical (unpaired) electrons. The summed E-state index contributed by atoms with van der Waals surface area (Å²) in [7, 11) is 3.97. The summed E-state index contributed by atoms with van der Waals surface area (Å²) in [4.78, 5) is 2.00. The average Bonchev–Trinajstić information content (AvgIpc) is 2.83. The first-order valence-electron chi connectivity index (χ1n) is 11.5. The molecule has 34 heavy (non-hydrogen) atoms. The maximum atomic E-state index is 4.21. The summed E-state index contributed by atoms with van der Waals surface area (Å²) < 4.78 is 0. The highest BCUT2D eigenvalue weighted by molar-refractivity contribution is 5.68. The average molecular weight is 456 g/mol. The van der Waals surface area contributed by atoms with Gasteiger partial charge in [-0.3, -0.25) is 0 Å². The molecule has 0 saturated carbocycles. The van der Waals surface area contributed by atoms with E-state index < -0.39 is 0 Å². The molecule has 0 aliphatic carbocycles. The highest BCUT2D eigenvalue weighted by Gasteiger charge is 2.13. The third-order valence-electron chi connectivity index (χ3n) is 5.74. The lowest BCUT2D eigenvalue weighted by Gasteiger charge is -2.22. The van der Waals surface area contributed by atoms with Crippen LogP contribution in [-0.2, 0) is 0 Å². The summed E-state index contributed by atoms with van der Waals surface area (Å²) in [6.07, 6.45) is 10.6. The van der Waals surface area contributed by atoms with E-state index in [9.17, 15) is 0 Å². The highest BCUT2D eigenvalue weighted by atomic mass is 15.1. The molecular weight excluding hydrogens is 414 g/mol. The van der Waals surface area contributed by atoms with Crippen molar-refractivity contribution in [2.24, 2.45) is 0 Å². The summed E-state index contributed by atoms with van der Waals surface area (Å²) in [5, 5.41) is 6.79. The van der Waals surface area contributed by atoms with Crippen LogP contribution in [0.15, 0.2) is 121 Å². The fourth-order valence-electron chi connectivity index (χ4n) is 3.28. The summed E-state index contributed by atoms with van der Waals surface area (Å²) in [6.45, 7) is 28.8. The number of allylic oxidation sites excluding steroid dienone is 9. The zero-order chi connectivity index (χ0) is 25.8. The van der Waals surface area contributed by atoms with Gasteiger partial charge in [0.2, 0.25) is 0 Å². The number of benzene rings is 1. The first-order chi connectivity index (χ1) is 16.1. The Morgan fingerprint density at radius 3 is 2.03 bits per heavy atom. The standard InChI is InChI=1S/C31H41N3/c1-12-16-17-27(14-3)30(15-4)31(23(6)22(5)13-2)33-26(9)32-24(7)28-18-20-29(21-19-28)25(8)34(10)11/h12,14-21,32-33H,1,4,7-9,13H2,2-3,5-6,10-11H3/b17-16-,23-22+,27-14+,31-30-. The molecule has 1 aromatic rings. The minimum absolute atomic E-state index is 0.632. The number of rotatable bonds is 13. The van der Waals surface area contributed by atoms with Crippen molar-refractivity contribution in [1.82, 2.24) is 15.5 Å². The number of nitrogens with one attached hydrogen (secondary N) is 2. The molecule has 1 aromatic carbocycles. The monoisotopic (exact) mass is 455 g/mol. The fourth-order valence-corrected chi connectivity index (χ4v) is 3.28. The Morgan fingerprint density at radius 1 is 0.971 bits per heavy atom. The lowest BCUT2D eigenvalue weighted by atomic mass is 9.96. The molecule has 0 spiro atoms. The number of nitrogens with zero attached hydrogens (tertiary/aromatic N) is 1. The Hall–Kier alpha value is -3.72. The van der Waals surface area contributed by atoms with Gasteiger partial charge in [0.25, 0.3) is 0 Å². The van der Waals surface area contributed by atoms with E-state index >= 15 is 0 Å². The van der Waals surface area contributed by atoms with Gasteiger partial charge in [0, 0.05) is 31.1 Å². The van der Waals surface area contributed by atoms with Gasteiger partial charge in [0.05, 0.1) is 5.70 Å². The largest absolute Gasteiger partial charge is 0.378 e. The number of hydrogen-bond donors (Lipinski definition) is 2. The van der Waals surface area contributed by atoms with E-state index in [2.05, 4.69) is 70.4 Å². The predicted octanol–water partition coefficient (Wildman–Crippen LogP) is 7.72. The van der Waals surface area contributed by atoms with E-state index in [0.717, 1.165) is 51.4 Å². The van der Waals surface area contributed by atoms with Crippen LogP contribution in [-0.4, -0.2) is 19.0 Å². The Bertz CT molecular complexity index is 1050. The van der Waals surface area contributed by atoms with E-state index in [4.69, 9.17) is 0 Å². The Morgan fingerprint density at radius 2 is 1.56 bits per heavy atom. The van der Waals surface area contributed by atoms with Crippen LogP contribution in [0.5, 0.6) is 0 Å². The van der Waals surface area contributed by atoms with E-state index in [1.807, 2.05) is 68.4 Å². The quantitative estimate of drug-likeness (QED) is 0.298. The first-order valence-corrected chi connectivity index (χ1v) is 11.5. The van der Waals surface area contributed by atoms with Gasteiger partial charge in [-0.25, -0.2) is 0 Å². The molecule has 2 N–H and O–H groups in total. The molecule has 3 nitrogen and oxygen atoms in total. The molecule has 180 valence electrons. The topological polar surface area (TPSA) is 27.3 Å². The summed E-state index contributed by atoms with van der Waals surface area (Å²) >= 11 is 0. The third-order valence-corrected chi connectivity index (χ3v) is 5.74. The zero-order valence-corrected chi connectivity index (χ0v) is 21.9. The van der Waals surface area contributed by atoms with Gasteiger partial charge in [0.1, 0.15) is 5.82 Å². The first kappa shape index (κ1) is 28.3. The molecule has 0 saturated heterocycles. The molecule has 0 aromatic heterocycles. The van der Waals surface area contributed by atoms with Crippen LogP contribution in [0.3, 0.4) is 0 Å². The third kappa shape index (κ3) is 7.70. The second-order valence-corrected chi connectivity index (χ2v) is 8.22. The maximum absolute atomic E-state index is 4.21. The summed E-state index contributed by atoms with van der Waals surface area (Å²) in [5.41, 5.74) is 9.20. The SMILES string of the molecule is C=C\C=C/C(=C\C)C(/C=C)=C(NC(=C)NC(=C)c1ccc(C(=C)N(C)C)cc1)/C(C)=C(\C)CC. The van der Waals surface area contributed by atoms with Crippen LogP contribution in [0.1, 0.15) is 45.2 Å². The van der Waals surface area contributed by atoms with Crippen LogP contribution in [0, 0.1) is 0 Å². The Kier molecular flexibility index (Phi) is 11.4. The fraction of sp³-hybridized carbons (Fsp3) is 0.226. The van der Waals surface area contributed by atoms with Crippen molar-refractivity contribution in [3.63, 3.8) is 0 Å².